The lowest BCUT2D eigenvalue weighted by atomic mass is 9.93. The second-order valence-corrected chi connectivity index (χ2v) is 5.17. The van der Waals surface area contributed by atoms with Crippen molar-refractivity contribution in [2.75, 3.05) is 46.5 Å². The van der Waals surface area contributed by atoms with Crippen molar-refractivity contribution >= 4 is 0 Å². The fourth-order valence-corrected chi connectivity index (χ4v) is 2.54. The van der Waals surface area contributed by atoms with Crippen molar-refractivity contribution in [1.82, 2.24) is 10.6 Å². The lowest BCUT2D eigenvalue weighted by molar-refractivity contribution is 0.199. The lowest BCUT2D eigenvalue weighted by Gasteiger charge is -2.26. The second-order valence-electron chi connectivity index (χ2n) is 5.17. The Balaban J connectivity index is 1.61. The standard InChI is InChI=1S/C16H26N2O2/c1-19-12-10-17-8-4-9-18-13-14-7-11-20-16-6-3-2-5-15(14)16/h2-3,5-6,14,17-18H,4,7-13H2,1H3. The van der Waals surface area contributed by atoms with Gasteiger partial charge < -0.3 is 20.1 Å². The molecule has 2 N–H and O–H groups in total. The van der Waals surface area contributed by atoms with Gasteiger partial charge in [0.05, 0.1) is 13.2 Å². The van der Waals surface area contributed by atoms with Gasteiger partial charge in [-0.25, -0.2) is 0 Å². The van der Waals surface area contributed by atoms with E-state index < -0.39 is 0 Å². The van der Waals surface area contributed by atoms with E-state index in [0.717, 1.165) is 58.0 Å². The molecule has 4 nitrogen and oxygen atoms in total. The molecule has 0 amide bonds. The first-order valence-corrected chi connectivity index (χ1v) is 7.54. The fourth-order valence-electron chi connectivity index (χ4n) is 2.54. The van der Waals surface area contributed by atoms with E-state index in [2.05, 4.69) is 28.8 Å². The topological polar surface area (TPSA) is 42.5 Å². The Morgan fingerprint density at radius 3 is 2.95 bits per heavy atom. The molecule has 1 aliphatic heterocycles. The van der Waals surface area contributed by atoms with Crippen LogP contribution < -0.4 is 15.4 Å². The zero-order valence-electron chi connectivity index (χ0n) is 12.4. The first kappa shape index (κ1) is 15.3. The number of hydrogen-bond acceptors (Lipinski definition) is 4. The Kier molecular flexibility index (Phi) is 6.84. The summed E-state index contributed by atoms with van der Waals surface area (Å²) in [6, 6.07) is 8.40. The van der Waals surface area contributed by atoms with E-state index in [1.165, 1.54) is 5.56 Å². The molecule has 0 spiro atoms. The maximum absolute atomic E-state index is 5.69. The predicted molar refractivity (Wildman–Crippen MR) is 81.5 cm³/mol. The summed E-state index contributed by atoms with van der Waals surface area (Å²) in [6.45, 7) is 5.69. The number of benzene rings is 1. The average molecular weight is 278 g/mol. The zero-order valence-corrected chi connectivity index (χ0v) is 12.4. The van der Waals surface area contributed by atoms with E-state index >= 15 is 0 Å². The van der Waals surface area contributed by atoms with Crippen LogP contribution in [0, 0.1) is 0 Å². The van der Waals surface area contributed by atoms with Crippen LogP contribution in [0.1, 0.15) is 24.3 Å². The van der Waals surface area contributed by atoms with Gasteiger partial charge in [-0.05, 0) is 37.6 Å². The molecule has 0 bridgehead atoms. The van der Waals surface area contributed by atoms with Crippen LogP contribution in [0.3, 0.4) is 0 Å². The Labute approximate surface area is 121 Å². The summed E-state index contributed by atoms with van der Waals surface area (Å²) in [6.07, 6.45) is 2.25. The largest absolute Gasteiger partial charge is 0.493 e. The molecule has 0 aromatic heterocycles. The van der Waals surface area contributed by atoms with Gasteiger partial charge >= 0.3 is 0 Å². The third-order valence-corrected chi connectivity index (χ3v) is 3.66. The van der Waals surface area contributed by atoms with Crippen molar-refractivity contribution in [3.05, 3.63) is 29.8 Å². The smallest absolute Gasteiger partial charge is 0.122 e. The number of fused-ring (bicyclic) bond motifs is 1. The number of ether oxygens (including phenoxy) is 2. The highest BCUT2D eigenvalue weighted by atomic mass is 16.5. The predicted octanol–water partition coefficient (Wildman–Crippen LogP) is 1.77. The number of nitrogens with one attached hydrogen (secondary N) is 2. The van der Waals surface area contributed by atoms with Crippen LogP contribution in [0.15, 0.2) is 24.3 Å². The molecular weight excluding hydrogens is 252 g/mol. The molecule has 4 heteroatoms. The van der Waals surface area contributed by atoms with Crippen LogP contribution in [-0.2, 0) is 4.74 Å². The summed E-state index contributed by atoms with van der Waals surface area (Å²) in [4.78, 5) is 0. The third kappa shape index (κ3) is 4.78. The molecule has 2 rings (SSSR count). The van der Waals surface area contributed by atoms with Crippen molar-refractivity contribution in [3.63, 3.8) is 0 Å². The molecule has 20 heavy (non-hydrogen) atoms. The normalized spacial score (nSPS) is 17.6. The number of hydrogen-bond donors (Lipinski definition) is 2. The average Bonchev–Trinajstić information content (AvgIpc) is 2.50. The van der Waals surface area contributed by atoms with E-state index in [9.17, 15) is 0 Å². The first-order valence-electron chi connectivity index (χ1n) is 7.54. The summed E-state index contributed by atoms with van der Waals surface area (Å²) < 4.78 is 10.7. The van der Waals surface area contributed by atoms with Gasteiger partial charge in [-0.2, -0.15) is 0 Å². The Morgan fingerprint density at radius 2 is 2.05 bits per heavy atom. The van der Waals surface area contributed by atoms with E-state index in [0.29, 0.717) is 5.92 Å². The van der Waals surface area contributed by atoms with Gasteiger partial charge in [0.2, 0.25) is 0 Å². The highest BCUT2D eigenvalue weighted by Crippen LogP contribution is 2.32. The van der Waals surface area contributed by atoms with E-state index in [4.69, 9.17) is 9.47 Å². The van der Waals surface area contributed by atoms with Crippen LogP contribution in [0.5, 0.6) is 5.75 Å². The molecule has 0 aliphatic carbocycles. The molecule has 1 heterocycles. The number of para-hydroxylation sites is 1. The van der Waals surface area contributed by atoms with Crippen molar-refractivity contribution in [3.8, 4) is 5.75 Å². The molecule has 0 radical (unpaired) electrons. The quantitative estimate of drug-likeness (QED) is 0.676. The van der Waals surface area contributed by atoms with Gasteiger partial charge in [-0.3, -0.25) is 0 Å². The molecule has 0 saturated carbocycles. The minimum Gasteiger partial charge on any atom is -0.493 e. The van der Waals surface area contributed by atoms with Crippen LogP contribution in [0.2, 0.25) is 0 Å². The molecule has 1 aliphatic rings. The number of rotatable bonds is 9. The summed E-state index contributed by atoms with van der Waals surface area (Å²) in [5, 5.41) is 6.92. The van der Waals surface area contributed by atoms with Crippen molar-refractivity contribution < 1.29 is 9.47 Å². The van der Waals surface area contributed by atoms with Crippen molar-refractivity contribution in [2.24, 2.45) is 0 Å². The lowest BCUT2D eigenvalue weighted by Crippen LogP contribution is -2.29. The van der Waals surface area contributed by atoms with E-state index in [1.54, 1.807) is 7.11 Å². The molecule has 1 aromatic carbocycles. The van der Waals surface area contributed by atoms with E-state index in [-0.39, 0.29) is 0 Å². The summed E-state index contributed by atoms with van der Waals surface area (Å²) >= 11 is 0. The van der Waals surface area contributed by atoms with Gasteiger partial charge in [0.25, 0.3) is 0 Å². The minimum atomic E-state index is 0.585. The molecule has 1 atom stereocenters. The maximum atomic E-state index is 5.69. The monoisotopic (exact) mass is 278 g/mol. The Bertz CT molecular complexity index is 384. The van der Waals surface area contributed by atoms with Crippen molar-refractivity contribution in [2.45, 2.75) is 18.8 Å². The Hall–Kier alpha value is -1.10. The zero-order chi connectivity index (χ0) is 14.0. The van der Waals surface area contributed by atoms with Crippen molar-refractivity contribution in [1.29, 1.82) is 0 Å². The first-order chi connectivity index (χ1) is 9.92. The second kappa shape index (κ2) is 8.95. The van der Waals surface area contributed by atoms with Crippen LogP contribution in [0.4, 0.5) is 0 Å². The van der Waals surface area contributed by atoms with Gasteiger partial charge in [-0.15, -0.1) is 0 Å². The number of methoxy groups -OCH3 is 1. The van der Waals surface area contributed by atoms with E-state index in [1.807, 2.05) is 6.07 Å². The highest BCUT2D eigenvalue weighted by Gasteiger charge is 2.20. The molecule has 0 fully saturated rings. The summed E-state index contributed by atoms with van der Waals surface area (Å²) in [7, 11) is 1.73. The SMILES string of the molecule is COCCNCCCNCC1CCOc2ccccc21. The van der Waals surface area contributed by atoms with Crippen LogP contribution >= 0.6 is 0 Å². The van der Waals surface area contributed by atoms with Crippen LogP contribution in [0.25, 0.3) is 0 Å². The summed E-state index contributed by atoms with van der Waals surface area (Å²) in [5.41, 5.74) is 1.35. The molecule has 1 aromatic rings. The molecule has 0 saturated heterocycles. The Morgan fingerprint density at radius 1 is 1.20 bits per heavy atom. The third-order valence-electron chi connectivity index (χ3n) is 3.66. The van der Waals surface area contributed by atoms with Crippen LogP contribution in [-0.4, -0.2) is 46.5 Å². The minimum absolute atomic E-state index is 0.585. The fraction of sp³-hybridized carbons (Fsp3) is 0.625. The van der Waals surface area contributed by atoms with Gasteiger partial charge in [0.15, 0.2) is 0 Å². The molecular formula is C16H26N2O2. The maximum Gasteiger partial charge on any atom is 0.122 e. The molecule has 1 unspecified atom stereocenters. The molecule has 112 valence electrons. The summed E-state index contributed by atoms with van der Waals surface area (Å²) in [5.74, 6) is 1.65. The van der Waals surface area contributed by atoms with Gasteiger partial charge in [0.1, 0.15) is 5.75 Å². The van der Waals surface area contributed by atoms with Gasteiger partial charge in [-0.1, -0.05) is 18.2 Å². The van der Waals surface area contributed by atoms with Gasteiger partial charge in [0, 0.05) is 26.1 Å². The highest BCUT2D eigenvalue weighted by molar-refractivity contribution is 5.37.